The predicted molar refractivity (Wildman–Crippen MR) is 67.3 cm³/mol. The maximum absolute atomic E-state index is 12.5. The second kappa shape index (κ2) is 5.47. The standard InChI is InChI=1S/C13H19N3O3/c1-9-5-8-16(11(9)12(17)18)13(19)15(7-2-6-14)10-3-4-10/h9-11H,2-5,7-8H2,1H3,(H,17,18). The summed E-state index contributed by atoms with van der Waals surface area (Å²) in [4.78, 5) is 26.9. The summed E-state index contributed by atoms with van der Waals surface area (Å²) in [6.07, 6.45) is 2.93. The van der Waals surface area contributed by atoms with Crippen LogP contribution in [0.2, 0.25) is 0 Å². The molecule has 1 saturated carbocycles. The molecule has 1 N–H and O–H groups in total. The minimum Gasteiger partial charge on any atom is -0.480 e. The van der Waals surface area contributed by atoms with E-state index in [-0.39, 0.29) is 18.0 Å². The lowest BCUT2D eigenvalue weighted by Crippen LogP contribution is -2.50. The van der Waals surface area contributed by atoms with E-state index in [1.807, 2.05) is 13.0 Å². The van der Waals surface area contributed by atoms with Gasteiger partial charge in [-0.15, -0.1) is 0 Å². The molecular weight excluding hydrogens is 246 g/mol. The van der Waals surface area contributed by atoms with Crippen molar-refractivity contribution in [1.29, 1.82) is 5.26 Å². The number of amides is 2. The molecule has 1 aliphatic heterocycles. The SMILES string of the molecule is CC1CCN(C(=O)N(CCC#N)C2CC2)C1C(=O)O. The third-order valence-corrected chi connectivity index (χ3v) is 3.90. The number of rotatable bonds is 4. The highest BCUT2D eigenvalue weighted by molar-refractivity contribution is 5.84. The molecular formula is C13H19N3O3. The van der Waals surface area contributed by atoms with Crippen molar-refractivity contribution in [3.63, 3.8) is 0 Å². The van der Waals surface area contributed by atoms with Crippen LogP contribution in [-0.4, -0.2) is 52.1 Å². The molecule has 2 aliphatic rings. The monoisotopic (exact) mass is 265 g/mol. The van der Waals surface area contributed by atoms with Crippen molar-refractivity contribution < 1.29 is 14.7 Å². The minimum absolute atomic E-state index is 0.0153. The number of aliphatic carboxylic acids is 1. The molecule has 0 spiro atoms. The van der Waals surface area contributed by atoms with Gasteiger partial charge in [-0.25, -0.2) is 9.59 Å². The summed E-state index contributed by atoms with van der Waals surface area (Å²) in [5.41, 5.74) is 0. The topological polar surface area (TPSA) is 84.6 Å². The van der Waals surface area contributed by atoms with Gasteiger partial charge in [0.05, 0.1) is 12.5 Å². The Morgan fingerprint density at radius 3 is 2.63 bits per heavy atom. The summed E-state index contributed by atoms with van der Waals surface area (Å²) < 4.78 is 0. The van der Waals surface area contributed by atoms with Gasteiger partial charge >= 0.3 is 12.0 Å². The van der Waals surface area contributed by atoms with E-state index >= 15 is 0 Å². The molecule has 2 amide bonds. The number of carbonyl (C=O) groups is 2. The van der Waals surface area contributed by atoms with Crippen LogP contribution in [0.25, 0.3) is 0 Å². The van der Waals surface area contributed by atoms with E-state index in [0.29, 0.717) is 19.5 Å². The lowest BCUT2D eigenvalue weighted by Gasteiger charge is -2.30. The molecule has 0 bridgehead atoms. The zero-order chi connectivity index (χ0) is 14.0. The summed E-state index contributed by atoms with van der Waals surface area (Å²) in [5.74, 6) is -0.951. The Morgan fingerprint density at radius 1 is 1.42 bits per heavy atom. The largest absolute Gasteiger partial charge is 0.480 e. The lowest BCUT2D eigenvalue weighted by molar-refractivity contribution is -0.142. The third-order valence-electron chi connectivity index (χ3n) is 3.90. The Bertz CT molecular complexity index is 414. The fraction of sp³-hybridized carbons (Fsp3) is 0.769. The number of carboxylic acids is 1. The van der Waals surface area contributed by atoms with Gasteiger partial charge in [0.1, 0.15) is 6.04 Å². The Morgan fingerprint density at radius 2 is 2.11 bits per heavy atom. The quantitative estimate of drug-likeness (QED) is 0.829. The highest BCUT2D eigenvalue weighted by Gasteiger charge is 2.43. The first-order valence-electron chi connectivity index (χ1n) is 6.73. The van der Waals surface area contributed by atoms with Gasteiger partial charge in [0.15, 0.2) is 0 Å². The van der Waals surface area contributed by atoms with E-state index < -0.39 is 12.0 Å². The van der Waals surface area contributed by atoms with Crippen LogP contribution in [0.5, 0.6) is 0 Å². The molecule has 0 radical (unpaired) electrons. The van der Waals surface area contributed by atoms with Crippen molar-refractivity contribution in [3.8, 4) is 6.07 Å². The van der Waals surface area contributed by atoms with Crippen molar-refractivity contribution in [2.45, 2.75) is 44.7 Å². The number of hydrogen-bond acceptors (Lipinski definition) is 3. The lowest BCUT2D eigenvalue weighted by atomic mass is 10.0. The molecule has 19 heavy (non-hydrogen) atoms. The zero-order valence-electron chi connectivity index (χ0n) is 11.1. The molecule has 6 heteroatoms. The normalized spacial score (nSPS) is 26.0. The van der Waals surface area contributed by atoms with Crippen LogP contribution >= 0.6 is 0 Å². The number of nitrogens with zero attached hydrogens (tertiary/aromatic N) is 3. The van der Waals surface area contributed by atoms with E-state index in [0.717, 1.165) is 19.3 Å². The third kappa shape index (κ3) is 2.80. The first kappa shape index (κ1) is 13.7. The molecule has 1 saturated heterocycles. The Hall–Kier alpha value is -1.77. The molecule has 2 fully saturated rings. The fourth-order valence-corrected chi connectivity index (χ4v) is 2.69. The van der Waals surface area contributed by atoms with Gasteiger partial charge in [0, 0.05) is 19.1 Å². The predicted octanol–water partition coefficient (Wildman–Crippen LogP) is 1.28. The van der Waals surface area contributed by atoms with Crippen LogP contribution in [-0.2, 0) is 4.79 Å². The smallest absolute Gasteiger partial charge is 0.326 e. The Kier molecular flexibility index (Phi) is 3.93. The average Bonchev–Trinajstić information content (AvgIpc) is 3.11. The maximum atomic E-state index is 12.5. The molecule has 2 unspecified atom stereocenters. The molecule has 2 rings (SSSR count). The molecule has 0 aromatic carbocycles. The van der Waals surface area contributed by atoms with Crippen molar-refractivity contribution in [3.05, 3.63) is 0 Å². The number of hydrogen-bond donors (Lipinski definition) is 1. The summed E-state index contributed by atoms with van der Waals surface area (Å²) in [6.45, 7) is 2.76. The van der Waals surface area contributed by atoms with Crippen LogP contribution in [0.15, 0.2) is 0 Å². The minimum atomic E-state index is -0.936. The second-order valence-corrected chi connectivity index (χ2v) is 5.36. The Labute approximate surface area is 112 Å². The molecule has 2 atom stereocenters. The zero-order valence-corrected chi connectivity index (χ0v) is 11.1. The fourth-order valence-electron chi connectivity index (χ4n) is 2.69. The van der Waals surface area contributed by atoms with E-state index in [1.54, 1.807) is 4.90 Å². The van der Waals surface area contributed by atoms with Gasteiger partial charge < -0.3 is 14.9 Å². The highest BCUT2D eigenvalue weighted by Crippen LogP contribution is 2.31. The van der Waals surface area contributed by atoms with Crippen LogP contribution in [0.1, 0.15) is 32.6 Å². The van der Waals surface area contributed by atoms with Gasteiger partial charge in [0.2, 0.25) is 0 Å². The van der Waals surface area contributed by atoms with Crippen LogP contribution in [0, 0.1) is 17.2 Å². The first-order valence-corrected chi connectivity index (χ1v) is 6.73. The number of nitriles is 1. The number of carboxylic acid groups (broad SMARTS) is 1. The van der Waals surface area contributed by atoms with E-state index in [4.69, 9.17) is 5.26 Å². The summed E-state index contributed by atoms with van der Waals surface area (Å²) in [5, 5.41) is 17.9. The molecule has 0 aromatic heterocycles. The van der Waals surface area contributed by atoms with E-state index in [2.05, 4.69) is 0 Å². The molecule has 104 valence electrons. The van der Waals surface area contributed by atoms with Crippen LogP contribution in [0.4, 0.5) is 4.79 Å². The van der Waals surface area contributed by atoms with Gasteiger partial charge in [0.25, 0.3) is 0 Å². The maximum Gasteiger partial charge on any atom is 0.326 e. The van der Waals surface area contributed by atoms with Crippen molar-refractivity contribution in [2.24, 2.45) is 5.92 Å². The molecule has 0 aromatic rings. The molecule has 1 heterocycles. The molecule has 6 nitrogen and oxygen atoms in total. The van der Waals surface area contributed by atoms with Crippen molar-refractivity contribution in [1.82, 2.24) is 9.80 Å². The Balaban J connectivity index is 2.08. The number of likely N-dealkylation sites (tertiary alicyclic amines) is 1. The van der Waals surface area contributed by atoms with Crippen molar-refractivity contribution in [2.75, 3.05) is 13.1 Å². The van der Waals surface area contributed by atoms with Crippen LogP contribution in [0.3, 0.4) is 0 Å². The highest BCUT2D eigenvalue weighted by atomic mass is 16.4. The van der Waals surface area contributed by atoms with Gasteiger partial charge in [-0.3, -0.25) is 0 Å². The summed E-state index contributed by atoms with van der Waals surface area (Å²) in [7, 11) is 0. The van der Waals surface area contributed by atoms with Gasteiger partial charge in [-0.05, 0) is 25.2 Å². The summed E-state index contributed by atoms with van der Waals surface area (Å²) in [6, 6.07) is 1.30. The average molecular weight is 265 g/mol. The van der Waals surface area contributed by atoms with E-state index in [9.17, 15) is 14.7 Å². The first-order chi connectivity index (χ1) is 9.06. The number of urea groups is 1. The van der Waals surface area contributed by atoms with Crippen LogP contribution < -0.4 is 0 Å². The van der Waals surface area contributed by atoms with Gasteiger partial charge in [-0.2, -0.15) is 5.26 Å². The van der Waals surface area contributed by atoms with Crippen molar-refractivity contribution >= 4 is 12.0 Å². The number of carbonyl (C=O) groups excluding carboxylic acids is 1. The summed E-state index contributed by atoms with van der Waals surface area (Å²) >= 11 is 0. The van der Waals surface area contributed by atoms with Gasteiger partial charge in [-0.1, -0.05) is 6.92 Å². The molecule has 1 aliphatic carbocycles. The van der Waals surface area contributed by atoms with E-state index in [1.165, 1.54) is 4.90 Å². The second-order valence-electron chi connectivity index (χ2n) is 5.36.